The van der Waals surface area contributed by atoms with Gasteiger partial charge in [-0.2, -0.15) is 5.26 Å². The van der Waals surface area contributed by atoms with E-state index in [0.29, 0.717) is 31.7 Å². The molecule has 0 heterocycles. The highest BCUT2D eigenvalue weighted by Gasteiger charge is 2.42. The fourth-order valence-electron chi connectivity index (χ4n) is 2.41. The van der Waals surface area contributed by atoms with Gasteiger partial charge >= 0.3 is 0 Å². The standard InChI is InChI=1S/C13H11F2N3O3/c14-8-3-4-9(18(20)21)11(10(8)15)17-12(19)13(7-16)5-1-2-6-13/h3-4H,1-2,5-6H2,(H,17,19). The molecule has 1 saturated carbocycles. The van der Waals surface area contributed by atoms with Gasteiger partial charge in [-0.05, 0) is 18.9 Å². The van der Waals surface area contributed by atoms with E-state index in [1.54, 1.807) is 0 Å². The summed E-state index contributed by atoms with van der Waals surface area (Å²) in [6.07, 6.45) is 1.91. The van der Waals surface area contributed by atoms with E-state index in [-0.39, 0.29) is 0 Å². The summed E-state index contributed by atoms with van der Waals surface area (Å²) in [5.41, 5.74) is -2.94. The van der Waals surface area contributed by atoms with E-state index in [0.717, 1.165) is 6.07 Å². The van der Waals surface area contributed by atoms with Gasteiger partial charge in [-0.3, -0.25) is 14.9 Å². The predicted molar refractivity (Wildman–Crippen MR) is 68.2 cm³/mol. The van der Waals surface area contributed by atoms with Gasteiger partial charge in [0.25, 0.3) is 5.69 Å². The normalized spacial score (nSPS) is 16.2. The van der Waals surface area contributed by atoms with Crippen LogP contribution < -0.4 is 5.32 Å². The summed E-state index contributed by atoms with van der Waals surface area (Å²) in [7, 11) is 0. The zero-order valence-electron chi connectivity index (χ0n) is 10.9. The molecule has 0 radical (unpaired) electrons. The van der Waals surface area contributed by atoms with Crippen LogP contribution in [0, 0.1) is 38.5 Å². The molecule has 0 atom stereocenters. The Morgan fingerprint density at radius 1 is 1.38 bits per heavy atom. The van der Waals surface area contributed by atoms with Gasteiger partial charge in [0.05, 0.1) is 11.0 Å². The molecular formula is C13H11F2N3O3. The molecule has 2 rings (SSSR count). The fraction of sp³-hybridized carbons (Fsp3) is 0.385. The van der Waals surface area contributed by atoms with Crippen molar-refractivity contribution in [1.82, 2.24) is 0 Å². The largest absolute Gasteiger partial charge is 0.316 e. The highest BCUT2D eigenvalue weighted by Crippen LogP contribution is 2.39. The lowest BCUT2D eigenvalue weighted by Crippen LogP contribution is -2.33. The third-order valence-electron chi connectivity index (χ3n) is 3.61. The van der Waals surface area contributed by atoms with Crippen molar-refractivity contribution in [3.8, 4) is 6.07 Å². The van der Waals surface area contributed by atoms with Gasteiger partial charge in [0.1, 0.15) is 5.41 Å². The van der Waals surface area contributed by atoms with Gasteiger partial charge in [0, 0.05) is 6.07 Å². The van der Waals surface area contributed by atoms with E-state index in [2.05, 4.69) is 0 Å². The van der Waals surface area contributed by atoms with E-state index in [4.69, 9.17) is 5.26 Å². The monoisotopic (exact) mass is 295 g/mol. The molecule has 0 spiro atoms. The van der Waals surface area contributed by atoms with Crippen LogP contribution >= 0.6 is 0 Å². The molecule has 1 N–H and O–H groups in total. The van der Waals surface area contributed by atoms with Crippen LogP contribution in [0.3, 0.4) is 0 Å². The maximum Gasteiger partial charge on any atom is 0.296 e. The minimum absolute atomic E-state index is 0.292. The second-order valence-corrected chi connectivity index (χ2v) is 4.87. The first-order valence-corrected chi connectivity index (χ1v) is 6.26. The number of nitrogens with one attached hydrogen (secondary N) is 1. The van der Waals surface area contributed by atoms with Crippen LogP contribution in [-0.2, 0) is 4.79 Å². The van der Waals surface area contributed by atoms with Crippen molar-refractivity contribution in [3.63, 3.8) is 0 Å². The number of rotatable bonds is 3. The second kappa shape index (κ2) is 5.44. The van der Waals surface area contributed by atoms with E-state index in [1.165, 1.54) is 0 Å². The number of carbonyl (C=O) groups excluding carboxylic acids is 1. The molecule has 21 heavy (non-hydrogen) atoms. The first-order chi connectivity index (χ1) is 9.91. The van der Waals surface area contributed by atoms with Gasteiger partial charge in [0.15, 0.2) is 17.3 Å². The Kier molecular flexibility index (Phi) is 3.84. The lowest BCUT2D eigenvalue weighted by atomic mass is 9.87. The highest BCUT2D eigenvalue weighted by atomic mass is 19.2. The Morgan fingerprint density at radius 3 is 2.52 bits per heavy atom. The number of nitrogens with zero attached hydrogens (tertiary/aromatic N) is 2. The molecule has 110 valence electrons. The van der Waals surface area contributed by atoms with Crippen LogP contribution in [0.1, 0.15) is 25.7 Å². The van der Waals surface area contributed by atoms with Crippen molar-refractivity contribution in [3.05, 3.63) is 33.9 Å². The average Bonchev–Trinajstić information content (AvgIpc) is 2.93. The number of benzene rings is 1. The topological polar surface area (TPSA) is 96.0 Å². The number of nitriles is 1. The molecule has 1 aromatic carbocycles. The van der Waals surface area contributed by atoms with Crippen molar-refractivity contribution in [2.24, 2.45) is 5.41 Å². The summed E-state index contributed by atoms with van der Waals surface area (Å²) < 4.78 is 26.9. The molecule has 0 unspecified atom stereocenters. The maximum atomic E-state index is 13.7. The molecular weight excluding hydrogens is 284 g/mol. The third kappa shape index (κ3) is 2.54. The maximum absolute atomic E-state index is 13.7. The molecule has 1 aliphatic rings. The van der Waals surface area contributed by atoms with Gasteiger partial charge in [0.2, 0.25) is 5.91 Å². The summed E-state index contributed by atoms with van der Waals surface area (Å²) in [6, 6.07) is 3.26. The first-order valence-electron chi connectivity index (χ1n) is 6.26. The van der Waals surface area contributed by atoms with Crippen LogP contribution in [0.4, 0.5) is 20.2 Å². The lowest BCUT2D eigenvalue weighted by molar-refractivity contribution is -0.384. The Bertz CT molecular complexity index is 649. The van der Waals surface area contributed by atoms with Crippen LogP contribution in [-0.4, -0.2) is 10.8 Å². The smallest absolute Gasteiger partial charge is 0.296 e. The Balaban J connectivity index is 2.40. The minimum Gasteiger partial charge on any atom is -0.316 e. The molecule has 1 aliphatic carbocycles. The summed E-state index contributed by atoms with van der Waals surface area (Å²) in [5, 5.41) is 22.0. The van der Waals surface area contributed by atoms with Gasteiger partial charge < -0.3 is 5.32 Å². The summed E-state index contributed by atoms with van der Waals surface area (Å²) in [4.78, 5) is 22.1. The van der Waals surface area contributed by atoms with Gasteiger partial charge in [-0.25, -0.2) is 8.78 Å². The number of halogens is 2. The fourth-order valence-corrected chi connectivity index (χ4v) is 2.41. The minimum atomic E-state index is -1.51. The number of hydrogen-bond donors (Lipinski definition) is 1. The van der Waals surface area contributed by atoms with Crippen LogP contribution in [0.15, 0.2) is 12.1 Å². The molecule has 8 heteroatoms. The Morgan fingerprint density at radius 2 is 2.00 bits per heavy atom. The van der Waals surface area contributed by atoms with Gasteiger partial charge in [-0.15, -0.1) is 0 Å². The summed E-state index contributed by atoms with van der Waals surface area (Å²) in [5.74, 6) is -3.66. The Hall–Kier alpha value is -2.56. The number of amides is 1. The van der Waals surface area contributed by atoms with Crippen LogP contribution in [0.25, 0.3) is 0 Å². The molecule has 1 amide bonds. The van der Waals surface area contributed by atoms with Crippen molar-refractivity contribution in [2.75, 3.05) is 5.32 Å². The zero-order valence-corrected chi connectivity index (χ0v) is 10.9. The van der Waals surface area contributed by atoms with Crippen LogP contribution in [0.5, 0.6) is 0 Å². The highest BCUT2D eigenvalue weighted by molar-refractivity contribution is 5.99. The van der Waals surface area contributed by atoms with E-state index < -0.39 is 39.3 Å². The number of hydrogen-bond acceptors (Lipinski definition) is 4. The van der Waals surface area contributed by atoms with Crippen molar-refractivity contribution < 1.29 is 18.5 Å². The number of anilines is 1. The third-order valence-corrected chi connectivity index (χ3v) is 3.61. The van der Waals surface area contributed by atoms with Crippen LogP contribution in [0.2, 0.25) is 0 Å². The molecule has 0 aromatic heterocycles. The average molecular weight is 295 g/mol. The van der Waals surface area contributed by atoms with Gasteiger partial charge in [-0.1, -0.05) is 12.8 Å². The Labute approximate surface area is 118 Å². The molecule has 0 aliphatic heterocycles. The lowest BCUT2D eigenvalue weighted by Gasteiger charge is -2.19. The summed E-state index contributed by atoms with van der Waals surface area (Å²) >= 11 is 0. The van der Waals surface area contributed by atoms with E-state index in [9.17, 15) is 23.7 Å². The molecule has 1 aromatic rings. The van der Waals surface area contributed by atoms with Crippen molar-refractivity contribution in [1.29, 1.82) is 5.26 Å². The van der Waals surface area contributed by atoms with E-state index >= 15 is 0 Å². The number of nitro benzene ring substituents is 1. The molecule has 0 saturated heterocycles. The quantitative estimate of drug-likeness (QED) is 0.685. The van der Waals surface area contributed by atoms with E-state index in [1.807, 2.05) is 11.4 Å². The summed E-state index contributed by atoms with van der Waals surface area (Å²) in [6.45, 7) is 0. The zero-order chi connectivity index (χ0) is 15.6. The van der Waals surface area contributed by atoms with Crippen molar-refractivity contribution >= 4 is 17.3 Å². The second-order valence-electron chi connectivity index (χ2n) is 4.87. The molecule has 0 bridgehead atoms. The first kappa shape index (κ1) is 14.8. The molecule has 6 nitrogen and oxygen atoms in total. The van der Waals surface area contributed by atoms with Crippen molar-refractivity contribution in [2.45, 2.75) is 25.7 Å². The molecule has 1 fully saturated rings. The number of nitro groups is 1. The SMILES string of the molecule is N#CC1(C(=O)Nc2c([N+](=O)[O-])ccc(F)c2F)CCCC1. The number of carbonyl (C=O) groups is 1. The predicted octanol–water partition coefficient (Wildman–Crippen LogP) is 2.90.